The van der Waals surface area contributed by atoms with Crippen LogP contribution >= 0.6 is 23.2 Å². The number of hydrogen-bond donors (Lipinski definition) is 1. The Bertz CT molecular complexity index is 893. The van der Waals surface area contributed by atoms with E-state index >= 15 is 0 Å². The van der Waals surface area contributed by atoms with Crippen LogP contribution in [0, 0.1) is 5.92 Å². The molecule has 1 N–H and O–H groups in total. The molecule has 0 saturated carbocycles. The topological polar surface area (TPSA) is 66.5 Å². The summed E-state index contributed by atoms with van der Waals surface area (Å²) in [6.07, 6.45) is 1.11. The average Bonchev–Trinajstić information content (AvgIpc) is 2.58. The highest BCUT2D eigenvalue weighted by atomic mass is 35.5. The third kappa shape index (κ3) is 5.86. The fourth-order valence-electron chi connectivity index (χ4n) is 2.40. The van der Waals surface area contributed by atoms with E-state index in [-0.39, 0.29) is 12.5 Å². The first kappa shape index (κ1) is 21.5. The molecular weight excluding hydrogens is 407 g/mol. The summed E-state index contributed by atoms with van der Waals surface area (Å²) in [6.45, 7) is 4.58. The zero-order chi connectivity index (χ0) is 20.2. The van der Waals surface area contributed by atoms with Crippen LogP contribution < -0.4 is 9.62 Å². The number of nitrogens with zero attached hydrogens (tertiary/aromatic N) is 1. The lowest BCUT2D eigenvalue weighted by molar-refractivity contribution is 0.0949. The third-order valence-electron chi connectivity index (χ3n) is 3.85. The average molecular weight is 429 g/mol. The molecule has 8 heteroatoms. The van der Waals surface area contributed by atoms with Gasteiger partial charge in [0.25, 0.3) is 5.91 Å². The number of rotatable bonds is 7. The fourth-order valence-corrected chi connectivity index (χ4v) is 3.79. The Balaban J connectivity index is 2.29. The minimum absolute atomic E-state index is 0.00374. The van der Waals surface area contributed by atoms with Crippen LogP contribution in [0.1, 0.15) is 29.8 Å². The summed E-state index contributed by atoms with van der Waals surface area (Å²) < 4.78 is 25.8. The summed E-state index contributed by atoms with van der Waals surface area (Å²) in [5.41, 5.74) is 1.41. The van der Waals surface area contributed by atoms with E-state index in [0.29, 0.717) is 39.3 Å². The Kier molecular flexibility index (Phi) is 7.14. The van der Waals surface area contributed by atoms with Crippen molar-refractivity contribution in [2.45, 2.75) is 20.4 Å². The SMILES string of the molecule is CC(C)CNC(=O)c1ccc(N(Cc2c(Cl)cccc2Cl)S(C)(=O)=O)cc1. The predicted octanol–water partition coefficient (Wildman–Crippen LogP) is 4.35. The van der Waals surface area contributed by atoms with E-state index in [9.17, 15) is 13.2 Å². The molecule has 0 aromatic heterocycles. The Labute approximate surface area is 170 Å². The lowest BCUT2D eigenvalue weighted by Gasteiger charge is -2.23. The number of benzene rings is 2. The molecule has 0 spiro atoms. The first-order chi connectivity index (χ1) is 12.6. The van der Waals surface area contributed by atoms with Gasteiger partial charge in [0, 0.05) is 27.7 Å². The summed E-state index contributed by atoms with van der Waals surface area (Å²) in [7, 11) is -3.59. The van der Waals surface area contributed by atoms with Crippen LogP contribution in [0.25, 0.3) is 0 Å². The lowest BCUT2D eigenvalue weighted by atomic mass is 10.1. The molecule has 1 amide bonds. The van der Waals surface area contributed by atoms with Crippen LogP contribution in [0.2, 0.25) is 10.0 Å². The van der Waals surface area contributed by atoms with Crippen LogP contribution in [-0.4, -0.2) is 27.1 Å². The van der Waals surface area contributed by atoms with Crippen molar-refractivity contribution in [3.05, 3.63) is 63.6 Å². The molecular formula is C19H22Cl2N2O3S. The summed E-state index contributed by atoms with van der Waals surface area (Å²) in [5.74, 6) is 0.143. The van der Waals surface area contributed by atoms with E-state index in [0.717, 1.165) is 6.26 Å². The van der Waals surface area contributed by atoms with Crippen molar-refractivity contribution in [3.8, 4) is 0 Å². The van der Waals surface area contributed by atoms with Gasteiger partial charge in [-0.15, -0.1) is 0 Å². The van der Waals surface area contributed by atoms with Gasteiger partial charge < -0.3 is 5.32 Å². The molecule has 2 aromatic carbocycles. The first-order valence-electron chi connectivity index (χ1n) is 8.38. The second-order valence-corrected chi connectivity index (χ2v) is 9.34. The van der Waals surface area contributed by atoms with Gasteiger partial charge in [0.1, 0.15) is 0 Å². The molecule has 27 heavy (non-hydrogen) atoms. The molecule has 0 unspecified atom stereocenters. The second-order valence-electron chi connectivity index (χ2n) is 6.62. The summed E-state index contributed by atoms with van der Waals surface area (Å²) >= 11 is 12.4. The van der Waals surface area contributed by atoms with Crippen LogP contribution in [0.5, 0.6) is 0 Å². The van der Waals surface area contributed by atoms with Gasteiger partial charge in [0.05, 0.1) is 18.5 Å². The number of hydrogen-bond acceptors (Lipinski definition) is 3. The summed E-state index contributed by atoms with van der Waals surface area (Å²) in [6, 6.07) is 11.4. The van der Waals surface area contributed by atoms with E-state index in [4.69, 9.17) is 23.2 Å². The number of sulfonamides is 1. The molecule has 0 bridgehead atoms. The van der Waals surface area contributed by atoms with E-state index < -0.39 is 10.0 Å². The van der Waals surface area contributed by atoms with Crippen LogP contribution in [0.4, 0.5) is 5.69 Å². The lowest BCUT2D eigenvalue weighted by Crippen LogP contribution is -2.30. The smallest absolute Gasteiger partial charge is 0.251 e. The van der Waals surface area contributed by atoms with E-state index in [1.165, 1.54) is 4.31 Å². The van der Waals surface area contributed by atoms with Crippen molar-refractivity contribution in [2.75, 3.05) is 17.1 Å². The predicted molar refractivity (Wildman–Crippen MR) is 111 cm³/mol. The van der Waals surface area contributed by atoms with Crippen molar-refractivity contribution in [1.82, 2.24) is 5.32 Å². The van der Waals surface area contributed by atoms with Gasteiger partial charge in [-0.05, 0) is 42.3 Å². The van der Waals surface area contributed by atoms with Gasteiger partial charge in [-0.1, -0.05) is 43.1 Å². The van der Waals surface area contributed by atoms with Crippen molar-refractivity contribution in [3.63, 3.8) is 0 Å². The molecule has 0 aliphatic heterocycles. The van der Waals surface area contributed by atoms with Gasteiger partial charge in [-0.25, -0.2) is 8.42 Å². The quantitative estimate of drug-likeness (QED) is 0.712. The van der Waals surface area contributed by atoms with Gasteiger partial charge >= 0.3 is 0 Å². The molecule has 2 aromatic rings. The maximum absolute atomic E-state index is 12.3. The van der Waals surface area contributed by atoms with E-state index in [2.05, 4.69) is 5.32 Å². The minimum Gasteiger partial charge on any atom is -0.352 e. The van der Waals surface area contributed by atoms with E-state index in [1.807, 2.05) is 13.8 Å². The van der Waals surface area contributed by atoms with Crippen molar-refractivity contribution in [2.24, 2.45) is 5.92 Å². The third-order valence-corrected chi connectivity index (χ3v) is 5.70. The monoisotopic (exact) mass is 428 g/mol. The zero-order valence-corrected chi connectivity index (χ0v) is 17.7. The highest BCUT2D eigenvalue weighted by Gasteiger charge is 2.21. The zero-order valence-electron chi connectivity index (χ0n) is 15.4. The Morgan fingerprint density at radius 3 is 2.11 bits per heavy atom. The van der Waals surface area contributed by atoms with E-state index in [1.54, 1.807) is 42.5 Å². The van der Waals surface area contributed by atoms with Gasteiger partial charge in [0.15, 0.2) is 0 Å². The van der Waals surface area contributed by atoms with Crippen LogP contribution in [0.3, 0.4) is 0 Å². The van der Waals surface area contributed by atoms with Crippen molar-refractivity contribution < 1.29 is 13.2 Å². The molecule has 0 radical (unpaired) electrons. The molecule has 146 valence electrons. The number of carbonyl (C=O) groups excluding carboxylic acids is 1. The molecule has 0 heterocycles. The normalized spacial score (nSPS) is 11.5. The van der Waals surface area contributed by atoms with Crippen LogP contribution in [0.15, 0.2) is 42.5 Å². The van der Waals surface area contributed by atoms with Crippen LogP contribution in [-0.2, 0) is 16.6 Å². The highest BCUT2D eigenvalue weighted by molar-refractivity contribution is 7.92. The number of carbonyl (C=O) groups is 1. The van der Waals surface area contributed by atoms with Crippen molar-refractivity contribution >= 4 is 44.8 Å². The summed E-state index contributed by atoms with van der Waals surface area (Å²) in [5, 5.41) is 3.61. The molecule has 0 aliphatic carbocycles. The summed E-state index contributed by atoms with van der Waals surface area (Å²) in [4.78, 5) is 12.1. The highest BCUT2D eigenvalue weighted by Crippen LogP contribution is 2.29. The second kappa shape index (κ2) is 8.95. The maximum atomic E-state index is 12.3. The molecule has 0 saturated heterocycles. The Morgan fingerprint density at radius 1 is 1.07 bits per heavy atom. The number of amides is 1. The number of anilines is 1. The molecule has 5 nitrogen and oxygen atoms in total. The van der Waals surface area contributed by atoms with Gasteiger partial charge in [-0.2, -0.15) is 0 Å². The van der Waals surface area contributed by atoms with Gasteiger partial charge in [-0.3, -0.25) is 9.10 Å². The Morgan fingerprint density at radius 2 is 1.63 bits per heavy atom. The fraction of sp³-hybridized carbons (Fsp3) is 0.316. The van der Waals surface area contributed by atoms with Crippen molar-refractivity contribution in [1.29, 1.82) is 0 Å². The number of nitrogens with one attached hydrogen (secondary N) is 1. The molecule has 0 atom stereocenters. The maximum Gasteiger partial charge on any atom is 0.251 e. The molecule has 2 rings (SSSR count). The number of halogens is 2. The Hall–Kier alpha value is -1.76. The standard InChI is InChI=1S/C19H22Cl2N2O3S/c1-13(2)11-22-19(24)14-7-9-15(10-8-14)23(27(3,25)26)12-16-17(20)5-4-6-18(16)21/h4-10,13H,11-12H2,1-3H3,(H,22,24). The largest absolute Gasteiger partial charge is 0.352 e. The first-order valence-corrected chi connectivity index (χ1v) is 11.0. The molecule has 0 aliphatic rings. The van der Waals surface area contributed by atoms with Gasteiger partial charge in [0.2, 0.25) is 10.0 Å². The minimum atomic E-state index is -3.59. The molecule has 0 fully saturated rings.